The fraction of sp³-hybridized carbons (Fsp3) is 0.200. The summed E-state index contributed by atoms with van der Waals surface area (Å²) in [6.07, 6.45) is 0. The van der Waals surface area contributed by atoms with E-state index in [9.17, 15) is 9.59 Å². The van der Waals surface area contributed by atoms with Crippen molar-refractivity contribution in [2.24, 2.45) is 0 Å². The third-order valence-corrected chi connectivity index (χ3v) is 2.04. The second kappa shape index (κ2) is 3.70. The normalized spacial score (nSPS) is 10.7. The predicted octanol–water partition coefficient (Wildman–Crippen LogP) is 0.628. The maximum atomic E-state index is 11.3. The number of fused-ring (bicyclic) bond motifs is 1. The molecule has 0 fully saturated rings. The lowest BCUT2D eigenvalue weighted by Crippen LogP contribution is -2.14. The molecular weight excluding hydrogens is 198 g/mol. The van der Waals surface area contributed by atoms with E-state index in [1.54, 1.807) is 25.3 Å². The van der Waals surface area contributed by atoms with Gasteiger partial charge in [0.05, 0.1) is 17.5 Å². The summed E-state index contributed by atoms with van der Waals surface area (Å²) in [7, 11) is 1.57. The summed E-state index contributed by atoms with van der Waals surface area (Å²) >= 11 is 0. The molecule has 5 nitrogen and oxygen atoms in total. The number of methoxy groups -OCH3 is 1. The van der Waals surface area contributed by atoms with Gasteiger partial charge >= 0.3 is 11.4 Å². The molecule has 15 heavy (non-hydrogen) atoms. The Kier molecular flexibility index (Phi) is 2.39. The number of ether oxygens (including phenoxy) is 1. The Bertz CT molecular complexity index is 596. The molecule has 1 aromatic carbocycles. The molecule has 2 aromatic rings. The van der Waals surface area contributed by atoms with E-state index in [1.165, 1.54) is 0 Å². The van der Waals surface area contributed by atoms with Gasteiger partial charge in [0.25, 0.3) is 0 Å². The highest BCUT2D eigenvalue weighted by Gasteiger charge is 2.03. The van der Waals surface area contributed by atoms with Gasteiger partial charge in [-0.05, 0) is 17.7 Å². The minimum atomic E-state index is -0.744. The SMILES string of the molecule is COCc1ccc2[nH]c(=O)oc(=O)c2c1. The Morgan fingerprint density at radius 3 is 2.93 bits per heavy atom. The van der Waals surface area contributed by atoms with Gasteiger partial charge in [-0.3, -0.25) is 4.98 Å². The Labute approximate surface area is 84.3 Å². The van der Waals surface area contributed by atoms with Gasteiger partial charge in [0, 0.05) is 7.11 Å². The van der Waals surface area contributed by atoms with E-state index in [2.05, 4.69) is 9.40 Å². The maximum Gasteiger partial charge on any atom is 0.419 e. The van der Waals surface area contributed by atoms with Crippen molar-refractivity contribution >= 4 is 10.9 Å². The van der Waals surface area contributed by atoms with Crippen molar-refractivity contribution in [2.45, 2.75) is 6.61 Å². The largest absolute Gasteiger partial charge is 0.419 e. The highest BCUT2D eigenvalue weighted by molar-refractivity contribution is 5.77. The van der Waals surface area contributed by atoms with Gasteiger partial charge in [-0.15, -0.1) is 0 Å². The minimum Gasteiger partial charge on any atom is -0.380 e. The average Bonchev–Trinajstić information content (AvgIpc) is 2.19. The summed E-state index contributed by atoms with van der Waals surface area (Å²) in [6.45, 7) is 0.411. The average molecular weight is 207 g/mol. The van der Waals surface area contributed by atoms with Crippen molar-refractivity contribution in [1.29, 1.82) is 0 Å². The van der Waals surface area contributed by atoms with Crippen LogP contribution in [0.3, 0.4) is 0 Å². The molecule has 1 aromatic heterocycles. The molecule has 5 heteroatoms. The number of hydrogen-bond acceptors (Lipinski definition) is 4. The zero-order valence-electron chi connectivity index (χ0n) is 8.07. The first kappa shape index (κ1) is 9.67. The van der Waals surface area contributed by atoms with Crippen LogP contribution in [0.1, 0.15) is 5.56 Å². The summed E-state index contributed by atoms with van der Waals surface area (Å²) < 4.78 is 9.35. The summed E-state index contributed by atoms with van der Waals surface area (Å²) in [6, 6.07) is 5.07. The van der Waals surface area contributed by atoms with E-state index in [4.69, 9.17) is 4.74 Å². The van der Waals surface area contributed by atoms with Crippen LogP contribution in [0.25, 0.3) is 10.9 Å². The first-order valence-electron chi connectivity index (χ1n) is 4.36. The van der Waals surface area contributed by atoms with E-state index in [-0.39, 0.29) is 0 Å². The van der Waals surface area contributed by atoms with Gasteiger partial charge in [-0.1, -0.05) is 6.07 Å². The van der Waals surface area contributed by atoms with E-state index >= 15 is 0 Å². The van der Waals surface area contributed by atoms with Gasteiger partial charge in [-0.2, -0.15) is 0 Å². The van der Waals surface area contributed by atoms with Crippen molar-refractivity contribution in [2.75, 3.05) is 7.11 Å². The lowest BCUT2D eigenvalue weighted by molar-refractivity contribution is 0.185. The summed E-state index contributed by atoms with van der Waals surface area (Å²) in [5.41, 5.74) is 0.687. The molecule has 0 amide bonds. The van der Waals surface area contributed by atoms with Crippen molar-refractivity contribution in [3.8, 4) is 0 Å². The number of hydrogen-bond donors (Lipinski definition) is 1. The van der Waals surface area contributed by atoms with Crippen molar-refractivity contribution in [3.05, 3.63) is 44.7 Å². The first-order chi connectivity index (χ1) is 7.20. The molecule has 0 unspecified atom stereocenters. The molecule has 0 atom stereocenters. The standard InChI is InChI=1S/C10H9NO4/c1-14-5-6-2-3-8-7(4-6)9(12)15-10(13)11-8/h2-4H,5H2,1H3,(H,11,13). The number of H-pyrrole nitrogens is 1. The number of aromatic amines is 1. The van der Waals surface area contributed by atoms with E-state index in [1.807, 2.05) is 0 Å². The molecule has 0 aliphatic rings. The molecule has 0 saturated carbocycles. The molecule has 0 radical (unpaired) electrons. The molecule has 0 aliphatic carbocycles. The van der Waals surface area contributed by atoms with E-state index < -0.39 is 11.4 Å². The molecule has 1 heterocycles. The van der Waals surface area contributed by atoms with E-state index in [0.29, 0.717) is 17.5 Å². The third kappa shape index (κ3) is 1.82. The topological polar surface area (TPSA) is 72.3 Å². The quantitative estimate of drug-likeness (QED) is 0.783. The first-order valence-corrected chi connectivity index (χ1v) is 4.36. The van der Waals surface area contributed by atoms with Gasteiger partial charge in [0.15, 0.2) is 0 Å². The molecule has 0 saturated heterocycles. The van der Waals surface area contributed by atoms with Crippen LogP contribution in [0.2, 0.25) is 0 Å². The number of rotatable bonds is 2. The lowest BCUT2D eigenvalue weighted by Gasteiger charge is -2.00. The smallest absolute Gasteiger partial charge is 0.380 e. The highest BCUT2D eigenvalue weighted by Crippen LogP contribution is 2.09. The minimum absolute atomic E-state index is 0.351. The Hall–Kier alpha value is -1.88. The van der Waals surface area contributed by atoms with Crippen LogP contribution in [0.4, 0.5) is 0 Å². The number of nitrogens with one attached hydrogen (secondary N) is 1. The van der Waals surface area contributed by atoms with Crippen LogP contribution in [-0.4, -0.2) is 12.1 Å². The van der Waals surface area contributed by atoms with Crippen LogP contribution in [0.15, 0.2) is 32.2 Å². The van der Waals surface area contributed by atoms with E-state index in [0.717, 1.165) is 5.56 Å². The zero-order chi connectivity index (χ0) is 10.8. The van der Waals surface area contributed by atoms with Gasteiger partial charge in [-0.25, -0.2) is 9.59 Å². The molecule has 0 bridgehead atoms. The highest BCUT2D eigenvalue weighted by atomic mass is 16.5. The monoisotopic (exact) mass is 207 g/mol. The van der Waals surface area contributed by atoms with Crippen LogP contribution >= 0.6 is 0 Å². The summed E-state index contributed by atoms with van der Waals surface area (Å²) in [5.74, 6) is -0.744. The predicted molar refractivity (Wildman–Crippen MR) is 53.8 cm³/mol. The zero-order valence-corrected chi connectivity index (χ0v) is 8.07. The molecule has 1 N–H and O–H groups in total. The third-order valence-electron chi connectivity index (χ3n) is 2.04. The van der Waals surface area contributed by atoms with Crippen LogP contribution < -0.4 is 11.4 Å². The summed E-state index contributed by atoms with van der Waals surface area (Å²) in [5, 5.41) is 0.351. The van der Waals surface area contributed by atoms with Crippen molar-refractivity contribution < 1.29 is 9.15 Å². The fourth-order valence-electron chi connectivity index (χ4n) is 1.40. The van der Waals surface area contributed by atoms with Gasteiger partial charge in [0.1, 0.15) is 0 Å². The van der Waals surface area contributed by atoms with Gasteiger partial charge < -0.3 is 9.15 Å². The lowest BCUT2D eigenvalue weighted by atomic mass is 10.1. The maximum absolute atomic E-state index is 11.3. The van der Waals surface area contributed by atoms with Gasteiger partial charge in [0.2, 0.25) is 0 Å². The summed E-state index contributed by atoms with van der Waals surface area (Å²) in [4.78, 5) is 24.6. The van der Waals surface area contributed by atoms with Crippen molar-refractivity contribution in [3.63, 3.8) is 0 Å². The molecule has 78 valence electrons. The molecule has 2 rings (SSSR count). The fourth-order valence-corrected chi connectivity index (χ4v) is 1.40. The molecular formula is C10H9NO4. The van der Waals surface area contributed by atoms with Crippen molar-refractivity contribution in [1.82, 2.24) is 4.98 Å². The Morgan fingerprint density at radius 1 is 1.40 bits per heavy atom. The number of aromatic nitrogens is 1. The van der Waals surface area contributed by atoms with Crippen LogP contribution in [0, 0.1) is 0 Å². The van der Waals surface area contributed by atoms with Crippen LogP contribution in [0.5, 0.6) is 0 Å². The Balaban J connectivity index is 2.71. The Morgan fingerprint density at radius 2 is 2.20 bits per heavy atom. The molecule has 0 aliphatic heterocycles. The molecule has 0 spiro atoms. The second-order valence-electron chi connectivity index (χ2n) is 3.11. The van der Waals surface area contributed by atoms with Crippen LogP contribution in [-0.2, 0) is 11.3 Å². The second-order valence-corrected chi connectivity index (χ2v) is 3.11. The number of benzene rings is 1.